The van der Waals surface area contributed by atoms with E-state index in [-0.39, 0.29) is 6.61 Å². The number of ether oxygens (including phenoxy) is 1. The van der Waals surface area contributed by atoms with E-state index >= 15 is 0 Å². The van der Waals surface area contributed by atoms with Crippen molar-refractivity contribution in [3.63, 3.8) is 0 Å². The van der Waals surface area contributed by atoms with Gasteiger partial charge in [0.25, 0.3) is 0 Å². The number of halogens is 1. The fraction of sp³-hybridized carbons (Fsp3) is 0.188. The molecule has 0 saturated carbocycles. The molecule has 1 atom stereocenters. The van der Waals surface area contributed by atoms with Crippen molar-refractivity contribution >= 4 is 17.6 Å². The van der Waals surface area contributed by atoms with Crippen LogP contribution in [0.2, 0.25) is 5.02 Å². The molecule has 2 aromatic carbocycles. The Balaban J connectivity index is 2.13. The van der Waals surface area contributed by atoms with Gasteiger partial charge >= 0.3 is 5.97 Å². The summed E-state index contributed by atoms with van der Waals surface area (Å²) in [6, 6.07) is 14.4. The molecule has 0 aliphatic rings. The lowest BCUT2D eigenvalue weighted by molar-refractivity contribution is -0.139. The Hall–Kier alpha value is -2.00. The lowest BCUT2D eigenvalue weighted by atomic mass is 9.99. The maximum Gasteiger partial charge on any atom is 0.314 e. The van der Waals surface area contributed by atoms with Crippen LogP contribution in [0.5, 0.6) is 5.75 Å². The van der Waals surface area contributed by atoms with Gasteiger partial charge in [0.1, 0.15) is 18.3 Å². The Morgan fingerprint density at radius 2 is 1.85 bits per heavy atom. The quantitative estimate of drug-likeness (QED) is 0.908. The summed E-state index contributed by atoms with van der Waals surface area (Å²) in [5.74, 6) is -1.14. The van der Waals surface area contributed by atoms with Crippen LogP contribution in [-0.4, -0.2) is 17.7 Å². The van der Waals surface area contributed by atoms with Crippen molar-refractivity contribution in [3.8, 4) is 5.75 Å². The first-order valence-electron chi connectivity index (χ1n) is 6.24. The molecule has 1 N–H and O–H groups in total. The van der Waals surface area contributed by atoms with Gasteiger partial charge in [0, 0.05) is 0 Å². The van der Waals surface area contributed by atoms with Gasteiger partial charge in [-0.3, -0.25) is 4.79 Å². The molecule has 0 amide bonds. The zero-order chi connectivity index (χ0) is 14.5. The molecule has 20 heavy (non-hydrogen) atoms. The summed E-state index contributed by atoms with van der Waals surface area (Å²) in [7, 11) is 0. The minimum Gasteiger partial charge on any atom is -0.491 e. The van der Waals surface area contributed by atoms with Gasteiger partial charge in [0.05, 0.1) is 5.02 Å². The summed E-state index contributed by atoms with van der Waals surface area (Å²) in [5, 5.41) is 9.80. The standard InChI is InChI=1S/C16H15ClO3/c1-11-6-8-12(9-7-11)13(16(18)19)10-20-15-5-3-2-4-14(15)17/h2-9,13H,10H2,1H3,(H,18,19). The highest BCUT2D eigenvalue weighted by atomic mass is 35.5. The minimum atomic E-state index is -0.916. The summed E-state index contributed by atoms with van der Waals surface area (Å²) < 4.78 is 5.53. The molecule has 0 radical (unpaired) electrons. The highest BCUT2D eigenvalue weighted by molar-refractivity contribution is 6.32. The van der Waals surface area contributed by atoms with E-state index in [2.05, 4.69) is 0 Å². The van der Waals surface area contributed by atoms with E-state index in [0.717, 1.165) is 11.1 Å². The third-order valence-corrected chi connectivity index (χ3v) is 3.33. The van der Waals surface area contributed by atoms with Gasteiger partial charge in [-0.2, -0.15) is 0 Å². The molecule has 0 saturated heterocycles. The van der Waals surface area contributed by atoms with Crippen LogP contribution in [0.3, 0.4) is 0 Å². The predicted octanol–water partition coefficient (Wildman–Crippen LogP) is 3.90. The van der Waals surface area contributed by atoms with Crippen LogP contribution in [0.25, 0.3) is 0 Å². The number of aliphatic carboxylic acids is 1. The minimum absolute atomic E-state index is 0.0438. The molecule has 104 valence electrons. The van der Waals surface area contributed by atoms with Gasteiger partial charge in [0.15, 0.2) is 0 Å². The third-order valence-electron chi connectivity index (χ3n) is 3.02. The first kappa shape index (κ1) is 14.4. The Morgan fingerprint density at radius 1 is 1.20 bits per heavy atom. The highest BCUT2D eigenvalue weighted by Crippen LogP contribution is 2.25. The zero-order valence-electron chi connectivity index (χ0n) is 11.0. The maximum atomic E-state index is 11.4. The molecule has 0 fully saturated rings. The van der Waals surface area contributed by atoms with Crippen LogP contribution in [0.15, 0.2) is 48.5 Å². The van der Waals surface area contributed by atoms with Gasteiger partial charge in [-0.1, -0.05) is 53.6 Å². The number of para-hydroxylation sites is 1. The smallest absolute Gasteiger partial charge is 0.314 e. The number of carbonyl (C=O) groups is 1. The summed E-state index contributed by atoms with van der Waals surface area (Å²) in [6.45, 7) is 2.00. The SMILES string of the molecule is Cc1ccc(C(COc2ccccc2Cl)C(=O)O)cc1. The molecule has 2 rings (SSSR count). The number of hydrogen-bond donors (Lipinski definition) is 1. The van der Waals surface area contributed by atoms with Gasteiger partial charge in [-0.15, -0.1) is 0 Å². The van der Waals surface area contributed by atoms with Crippen molar-refractivity contribution in [1.82, 2.24) is 0 Å². The second-order valence-electron chi connectivity index (χ2n) is 4.54. The first-order valence-corrected chi connectivity index (χ1v) is 6.62. The predicted molar refractivity (Wildman–Crippen MR) is 78.5 cm³/mol. The second-order valence-corrected chi connectivity index (χ2v) is 4.95. The van der Waals surface area contributed by atoms with Crippen molar-refractivity contribution in [2.75, 3.05) is 6.61 Å². The van der Waals surface area contributed by atoms with E-state index < -0.39 is 11.9 Å². The zero-order valence-corrected chi connectivity index (χ0v) is 11.8. The van der Waals surface area contributed by atoms with Gasteiger partial charge in [0.2, 0.25) is 0 Å². The molecule has 1 unspecified atom stereocenters. The fourth-order valence-corrected chi connectivity index (χ4v) is 2.03. The molecule has 0 bridgehead atoms. The van der Waals surface area contributed by atoms with E-state index in [4.69, 9.17) is 16.3 Å². The van der Waals surface area contributed by atoms with Crippen LogP contribution in [-0.2, 0) is 4.79 Å². The number of rotatable bonds is 5. The number of benzene rings is 2. The average molecular weight is 291 g/mol. The molecular weight excluding hydrogens is 276 g/mol. The van der Waals surface area contributed by atoms with Crippen LogP contribution < -0.4 is 4.74 Å². The molecule has 3 nitrogen and oxygen atoms in total. The maximum absolute atomic E-state index is 11.4. The molecular formula is C16H15ClO3. The van der Waals surface area contributed by atoms with Crippen LogP contribution in [0.1, 0.15) is 17.0 Å². The highest BCUT2D eigenvalue weighted by Gasteiger charge is 2.21. The Labute approximate surface area is 122 Å². The van der Waals surface area contributed by atoms with Gasteiger partial charge in [-0.05, 0) is 24.6 Å². The van der Waals surface area contributed by atoms with E-state index in [9.17, 15) is 9.90 Å². The van der Waals surface area contributed by atoms with Crippen LogP contribution >= 0.6 is 11.6 Å². The van der Waals surface area contributed by atoms with Crippen molar-refractivity contribution in [2.24, 2.45) is 0 Å². The monoisotopic (exact) mass is 290 g/mol. The Bertz CT molecular complexity index is 593. The summed E-state index contributed by atoms with van der Waals surface area (Å²) in [4.78, 5) is 11.4. The topological polar surface area (TPSA) is 46.5 Å². The molecule has 0 aliphatic heterocycles. The van der Waals surface area contributed by atoms with Crippen molar-refractivity contribution in [1.29, 1.82) is 0 Å². The van der Waals surface area contributed by atoms with Crippen LogP contribution in [0, 0.1) is 6.92 Å². The summed E-state index contributed by atoms with van der Waals surface area (Å²) >= 11 is 5.98. The molecule has 0 spiro atoms. The van der Waals surface area contributed by atoms with Gasteiger partial charge in [-0.25, -0.2) is 0 Å². The van der Waals surface area contributed by atoms with Crippen LogP contribution in [0.4, 0.5) is 0 Å². The first-order chi connectivity index (χ1) is 9.58. The lowest BCUT2D eigenvalue weighted by Crippen LogP contribution is -2.19. The van der Waals surface area contributed by atoms with Crippen molar-refractivity contribution in [2.45, 2.75) is 12.8 Å². The number of aryl methyl sites for hydroxylation is 1. The molecule has 0 aromatic heterocycles. The fourth-order valence-electron chi connectivity index (χ4n) is 1.84. The summed E-state index contributed by atoms with van der Waals surface area (Å²) in [5.41, 5.74) is 1.81. The van der Waals surface area contributed by atoms with Gasteiger partial charge < -0.3 is 9.84 Å². The lowest BCUT2D eigenvalue weighted by Gasteiger charge is -2.15. The second kappa shape index (κ2) is 6.44. The van der Waals surface area contributed by atoms with E-state index in [1.165, 1.54) is 0 Å². The Kier molecular flexibility index (Phi) is 4.64. The normalized spacial score (nSPS) is 11.9. The number of carboxylic acid groups (broad SMARTS) is 1. The molecule has 0 aliphatic carbocycles. The molecule has 2 aromatic rings. The molecule has 0 heterocycles. The molecule has 4 heteroatoms. The average Bonchev–Trinajstić information content (AvgIpc) is 2.42. The number of hydrogen-bond acceptors (Lipinski definition) is 2. The van der Waals surface area contributed by atoms with Crippen molar-refractivity contribution < 1.29 is 14.6 Å². The van der Waals surface area contributed by atoms with Crippen molar-refractivity contribution in [3.05, 3.63) is 64.7 Å². The third kappa shape index (κ3) is 3.52. The number of carboxylic acids is 1. The largest absolute Gasteiger partial charge is 0.491 e. The summed E-state index contributed by atoms with van der Waals surface area (Å²) in [6.07, 6.45) is 0. The Morgan fingerprint density at radius 3 is 2.45 bits per heavy atom. The van der Waals surface area contributed by atoms with E-state index in [0.29, 0.717) is 10.8 Å². The van der Waals surface area contributed by atoms with E-state index in [1.54, 1.807) is 24.3 Å². The van der Waals surface area contributed by atoms with E-state index in [1.807, 2.05) is 31.2 Å².